The van der Waals surface area contributed by atoms with Gasteiger partial charge in [0.2, 0.25) is 5.91 Å². The highest BCUT2D eigenvalue weighted by Crippen LogP contribution is 2.22. The average Bonchev–Trinajstić information content (AvgIpc) is 2.83. The van der Waals surface area contributed by atoms with E-state index in [0.29, 0.717) is 18.9 Å². The first-order valence-corrected chi connectivity index (χ1v) is 6.53. The van der Waals surface area contributed by atoms with E-state index in [-0.39, 0.29) is 23.6 Å². The first-order valence-electron chi connectivity index (χ1n) is 6.53. The van der Waals surface area contributed by atoms with Crippen LogP contribution in [-0.4, -0.2) is 36.8 Å². The van der Waals surface area contributed by atoms with Gasteiger partial charge in [-0.25, -0.2) is 0 Å². The van der Waals surface area contributed by atoms with E-state index in [1.807, 2.05) is 6.92 Å². The molecule has 1 aliphatic heterocycles. The number of benzene rings is 1. The van der Waals surface area contributed by atoms with E-state index in [1.54, 1.807) is 25.1 Å². The number of aryl methyl sites for hydroxylation is 1. The van der Waals surface area contributed by atoms with Crippen LogP contribution >= 0.6 is 0 Å². The molecule has 1 heterocycles. The fourth-order valence-electron chi connectivity index (χ4n) is 2.24. The number of rotatable bonds is 4. The highest BCUT2D eigenvalue weighted by Gasteiger charge is 2.33. The van der Waals surface area contributed by atoms with Crippen LogP contribution in [0.25, 0.3) is 0 Å². The quantitative estimate of drug-likeness (QED) is 0.716. The topological polar surface area (TPSA) is 70.6 Å². The summed E-state index contributed by atoms with van der Waals surface area (Å²) in [6.45, 7) is 5.64. The summed E-state index contributed by atoms with van der Waals surface area (Å²) < 4.78 is 5.36. The van der Waals surface area contributed by atoms with Gasteiger partial charge in [-0.15, -0.1) is 0 Å². The molecule has 0 aromatic heterocycles. The first kappa shape index (κ1) is 13.8. The molecular formula is C14H20N2O3. The Morgan fingerprint density at radius 2 is 2.26 bits per heavy atom. The fourth-order valence-corrected chi connectivity index (χ4v) is 2.24. The van der Waals surface area contributed by atoms with E-state index >= 15 is 0 Å². The molecule has 1 fully saturated rings. The van der Waals surface area contributed by atoms with Gasteiger partial charge in [-0.2, -0.15) is 0 Å². The SMILES string of the molecule is CCNC1COCC1C(=O)Nc1ccc(O)c(C)c1. The lowest BCUT2D eigenvalue weighted by molar-refractivity contribution is -0.120. The van der Waals surface area contributed by atoms with Gasteiger partial charge in [0.1, 0.15) is 5.75 Å². The number of ether oxygens (including phenoxy) is 1. The van der Waals surface area contributed by atoms with Crippen molar-refractivity contribution in [1.29, 1.82) is 0 Å². The molecule has 1 aromatic carbocycles. The Hall–Kier alpha value is -1.59. The van der Waals surface area contributed by atoms with E-state index < -0.39 is 0 Å². The Morgan fingerprint density at radius 3 is 2.95 bits per heavy atom. The van der Waals surface area contributed by atoms with Gasteiger partial charge >= 0.3 is 0 Å². The molecule has 1 amide bonds. The number of hydrogen-bond donors (Lipinski definition) is 3. The van der Waals surface area contributed by atoms with Crippen molar-refractivity contribution in [2.24, 2.45) is 5.92 Å². The Morgan fingerprint density at radius 1 is 1.47 bits per heavy atom. The maximum Gasteiger partial charge on any atom is 0.231 e. The molecule has 104 valence electrons. The summed E-state index contributed by atoms with van der Waals surface area (Å²) in [5, 5.41) is 15.6. The maximum absolute atomic E-state index is 12.2. The van der Waals surface area contributed by atoms with E-state index in [0.717, 1.165) is 12.1 Å². The van der Waals surface area contributed by atoms with Crippen molar-refractivity contribution in [2.45, 2.75) is 19.9 Å². The second kappa shape index (κ2) is 6.04. The van der Waals surface area contributed by atoms with Gasteiger partial charge in [-0.3, -0.25) is 4.79 Å². The number of carbonyl (C=O) groups is 1. The zero-order valence-electron chi connectivity index (χ0n) is 11.3. The van der Waals surface area contributed by atoms with Crippen molar-refractivity contribution in [2.75, 3.05) is 25.1 Å². The summed E-state index contributed by atoms with van der Waals surface area (Å²) in [5.74, 6) is 0.00956. The molecular weight excluding hydrogens is 244 g/mol. The Bertz CT molecular complexity index is 462. The molecule has 5 heteroatoms. The zero-order valence-corrected chi connectivity index (χ0v) is 11.3. The van der Waals surface area contributed by atoms with E-state index in [2.05, 4.69) is 10.6 Å². The normalized spacial score (nSPS) is 22.4. The minimum absolute atomic E-state index is 0.0476. The molecule has 5 nitrogen and oxygen atoms in total. The largest absolute Gasteiger partial charge is 0.508 e. The molecule has 0 saturated carbocycles. The van der Waals surface area contributed by atoms with Crippen molar-refractivity contribution >= 4 is 11.6 Å². The second-order valence-electron chi connectivity index (χ2n) is 4.80. The molecule has 2 atom stereocenters. The van der Waals surface area contributed by atoms with Crippen LogP contribution in [0.5, 0.6) is 5.75 Å². The molecule has 3 N–H and O–H groups in total. The smallest absolute Gasteiger partial charge is 0.231 e. The summed E-state index contributed by atoms with van der Waals surface area (Å²) in [7, 11) is 0. The monoisotopic (exact) mass is 264 g/mol. The Labute approximate surface area is 113 Å². The molecule has 19 heavy (non-hydrogen) atoms. The lowest BCUT2D eigenvalue weighted by atomic mass is 10.0. The second-order valence-corrected chi connectivity index (χ2v) is 4.80. The summed E-state index contributed by atoms with van der Waals surface area (Å²) in [6.07, 6.45) is 0. The fraction of sp³-hybridized carbons (Fsp3) is 0.500. The van der Waals surface area contributed by atoms with Crippen LogP contribution in [-0.2, 0) is 9.53 Å². The van der Waals surface area contributed by atoms with Crippen molar-refractivity contribution in [3.05, 3.63) is 23.8 Å². The van der Waals surface area contributed by atoms with Gasteiger partial charge in [-0.1, -0.05) is 6.92 Å². The van der Waals surface area contributed by atoms with E-state index in [9.17, 15) is 9.90 Å². The van der Waals surface area contributed by atoms with Crippen LogP contribution < -0.4 is 10.6 Å². The minimum atomic E-state index is -0.172. The Balaban J connectivity index is 2.02. The van der Waals surface area contributed by atoms with E-state index in [1.165, 1.54) is 0 Å². The minimum Gasteiger partial charge on any atom is -0.508 e. The summed E-state index contributed by atoms with van der Waals surface area (Å²) in [4.78, 5) is 12.2. The zero-order chi connectivity index (χ0) is 13.8. The van der Waals surface area contributed by atoms with Gasteiger partial charge in [0.25, 0.3) is 0 Å². The number of phenols is 1. The highest BCUT2D eigenvalue weighted by molar-refractivity contribution is 5.93. The Kier molecular flexibility index (Phi) is 4.39. The summed E-state index contributed by atoms with van der Waals surface area (Å²) >= 11 is 0. The number of likely N-dealkylation sites (N-methyl/N-ethyl adjacent to an activating group) is 1. The lowest BCUT2D eigenvalue weighted by Gasteiger charge is -2.18. The van der Waals surface area contributed by atoms with Crippen LogP contribution in [0.1, 0.15) is 12.5 Å². The third kappa shape index (κ3) is 3.24. The number of nitrogens with one attached hydrogen (secondary N) is 2. The van der Waals surface area contributed by atoms with Gasteiger partial charge in [0.15, 0.2) is 0 Å². The van der Waals surface area contributed by atoms with E-state index in [4.69, 9.17) is 4.74 Å². The molecule has 2 unspecified atom stereocenters. The first-order chi connectivity index (χ1) is 9.11. The van der Waals surface area contributed by atoms with Crippen LogP contribution in [0.15, 0.2) is 18.2 Å². The molecule has 0 bridgehead atoms. The lowest BCUT2D eigenvalue weighted by Crippen LogP contribution is -2.41. The van der Waals surface area contributed by atoms with Crippen LogP contribution in [0.3, 0.4) is 0 Å². The average molecular weight is 264 g/mol. The number of hydrogen-bond acceptors (Lipinski definition) is 4. The predicted octanol–water partition coefficient (Wildman–Crippen LogP) is 1.26. The van der Waals surface area contributed by atoms with Crippen molar-refractivity contribution in [1.82, 2.24) is 5.32 Å². The third-order valence-corrected chi connectivity index (χ3v) is 3.35. The number of aromatic hydroxyl groups is 1. The highest BCUT2D eigenvalue weighted by atomic mass is 16.5. The number of carbonyl (C=O) groups excluding carboxylic acids is 1. The molecule has 1 saturated heterocycles. The summed E-state index contributed by atoms with van der Waals surface area (Å²) in [5.41, 5.74) is 1.44. The molecule has 1 aromatic rings. The van der Waals surface area contributed by atoms with Crippen LogP contribution in [0.2, 0.25) is 0 Å². The number of anilines is 1. The predicted molar refractivity (Wildman–Crippen MR) is 73.2 cm³/mol. The molecule has 0 radical (unpaired) electrons. The molecule has 2 rings (SSSR count). The van der Waals surface area contributed by atoms with Crippen LogP contribution in [0, 0.1) is 12.8 Å². The number of amides is 1. The van der Waals surface area contributed by atoms with Gasteiger partial charge in [0, 0.05) is 11.7 Å². The van der Waals surface area contributed by atoms with Crippen molar-refractivity contribution in [3.8, 4) is 5.75 Å². The van der Waals surface area contributed by atoms with Gasteiger partial charge < -0.3 is 20.5 Å². The van der Waals surface area contributed by atoms with Gasteiger partial charge in [-0.05, 0) is 37.2 Å². The molecule has 0 spiro atoms. The summed E-state index contributed by atoms with van der Waals surface area (Å²) in [6, 6.07) is 5.10. The standard InChI is InChI=1S/C14H20N2O3/c1-3-15-12-8-19-7-11(12)14(18)16-10-4-5-13(17)9(2)6-10/h4-6,11-12,15,17H,3,7-8H2,1-2H3,(H,16,18). The van der Waals surface area contributed by atoms with Crippen molar-refractivity contribution in [3.63, 3.8) is 0 Å². The molecule has 0 aliphatic carbocycles. The van der Waals surface area contributed by atoms with Crippen LogP contribution in [0.4, 0.5) is 5.69 Å². The number of phenolic OH excluding ortho intramolecular Hbond substituents is 1. The third-order valence-electron chi connectivity index (χ3n) is 3.35. The van der Waals surface area contributed by atoms with Gasteiger partial charge in [0.05, 0.1) is 19.1 Å². The maximum atomic E-state index is 12.2. The molecule has 1 aliphatic rings. The van der Waals surface area contributed by atoms with Crippen molar-refractivity contribution < 1.29 is 14.6 Å².